The van der Waals surface area contributed by atoms with Gasteiger partial charge in [0.1, 0.15) is 18.1 Å². The number of hydrogen-bond donors (Lipinski definition) is 0. The van der Waals surface area contributed by atoms with E-state index in [-0.39, 0.29) is 30.8 Å². The zero-order valence-corrected chi connectivity index (χ0v) is 16.8. The third-order valence-corrected chi connectivity index (χ3v) is 4.54. The first-order valence-electron chi connectivity index (χ1n) is 8.44. The maximum Gasteiger partial charge on any atom is 0.434 e. The summed E-state index contributed by atoms with van der Waals surface area (Å²) >= 11 is 0. The van der Waals surface area contributed by atoms with Crippen molar-refractivity contribution in [3.63, 3.8) is 0 Å². The molecule has 0 saturated carbocycles. The maximum absolute atomic E-state index is 10.9. The van der Waals surface area contributed by atoms with Crippen LogP contribution in [0.1, 0.15) is 6.42 Å². The Morgan fingerprint density at radius 1 is 1.11 bits per heavy atom. The summed E-state index contributed by atoms with van der Waals surface area (Å²) in [6.07, 6.45) is 4.02. The van der Waals surface area contributed by atoms with Crippen LogP contribution in [0.4, 0.5) is 11.6 Å². The number of rotatable bonds is 7. The summed E-state index contributed by atoms with van der Waals surface area (Å²) in [5.74, 6) is 0.792. The summed E-state index contributed by atoms with van der Waals surface area (Å²) in [6, 6.07) is 8.15. The molecule has 1 aliphatic rings. The summed E-state index contributed by atoms with van der Waals surface area (Å²) in [4.78, 5) is 19.0. The van der Waals surface area contributed by atoms with Gasteiger partial charge in [0.25, 0.3) is 0 Å². The standard InChI is InChI=1S/C17H23N5O3.2ClH/c1-25-16-5-3-15(4-6-16)20-13-11-19(12-14-20)8-2-9-21-10-7-18-17(21)22(23)24;;/h3-7,10H,2,8-9,11-14H2,1H3;2*1H. The van der Waals surface area contributed by atoms with Crippen LogP contribution >= 0.6 is 24.8 Å². The van der Waals surface area contributed by atoms with E-state index in [0.29, 0.717) is 6.54 Å². The molecular weight excluding hydrogens is 393 g/mol. The van der Waals surface area contributed by atoms with Crippen LogP contribution < -0.4 is 9.64 Å². The molecule has 0 unspecified atom stereocenters. The Morgan fingerprint density at radius 3 is 2.37 bits per heavy atom. The Kier molecular flexibility index (Phi) is 9.34. The summed E-state index contributed by atoms with van der Waals surface area (Å²) in [7, 11) is 1.67. The van der Waals surface area contributed by atoms with Crippen molar-refractivity contribution in [2.75, 3.05) is 44.7 Å². The van der Waals surface area contributed by atoms with Gasteiger partial charge in [0.05, 0.1) is 13.7 Å². The lowest BCUT2D eigenvalue weighted by molar-refractivity contribution is -0.396. The minimum absolute atomic E-state index is 0. The van der Waals surface area contributed by atoms with Crippen LogP contribution in [-0.2, 0) is 6.54 Å². The zero-order valence-electron chi connectivity index (χ0n) is 15.2. The summed E-state index contributed by atoms with van der Waals surface area (Å²) in [5, 5.41) is 10.9. The van der Waals surface area contributed by atoms with Gasteiger partial charge < -0.3 is 19.8 Å². The van der Waals surface area contributed by atoms with Crippen LogP contribution in [0.25, 0.3) is 0 Å². The van der Waals surface area contributed by atoms with Crippen LogP contribution in [0.15, 0.2) is 36.7 Å². The fourth-order valence-electron chi connectivity index (χ4n) is 3.14. The molecule has 3 rings (SSSR count). The average Bonchev–Trinajstić information content (AvgIpc) is 3.11. The highest BCUT2D eigenvalue weighted by Crippen LogP contribution is 2.20. The molecule has 150 valence electrons. The van der Waals surface area contributed by atoms with E-state index in [9.17, 15) is 10.1 Å². The molecule has 0 aliphatic carbocycles. The Bertz CT molecular complexity index is 703. The van der Waals surface area contributed by atoms with Crippen molar-refractivity contribution in [2.24, 2.45) is 0 Å². The molecule has 0 amide bonds. The van der Waals surface area contributed by atoms with Crippen molar-refractivity contribution in [1.82, 2.24) is 14.5 Å². The molecule has 2 aromatic rings. The van der Waals surface area contributed by atoms with Crippen LogP contribution in [0.2, 0.25) is 0 Å². The van der Waals surface area contributed by atoms with E-state index < -0.39 is 4.92 Å². The molecule has 10 heteroatoms. The fourth-order valence-corrected chi connectivity index (χ4v) is 3.14. The molecule has 0 N–H and O–H groups in total. The second-order valence-corrected chi connectivity index (χ2v) is 6.06. The van der Waals surface area contributed by atoms with Crippen molar-refractivity contribution in [1.29, 1.82) is 0 Å². The van der Waals surface area contributed by atoms with Crippen LogP contribution in [0, 0.1) is 10.1 Å². The molecular formula is C17H25Cl2N5O3. The predicted molar refractivity (Wildman–Crippen MR) is 110 cm³/mol. The second-order valence-electron chi connectivity index (χ2n) is 6.06. The van der Waals surface area contributed by atoms with Crippen molar-refractivity contribution in [3.05, 3.63) is 46.8 Å². The van der Waals surface area contributed by atoms with Crippen LogP contribution in [0.5, 0.6) is 5.75 Å². The third-order valence-electron chi connectivity index (χ3n) is 4.54. The van der Waals surface area contributed by atoms with Crippen molar-refractivity contribution in [2.45, 2.75) is 13.0 Å². The lowest BCUT2D eigenvalue weighted by Gasteiger charge is -2.36. The quantitative estimate of drug-likeness (QED) is 0.509. The van der Waals surface area contributed by atoms with E-state index >= 15 is 0 Å². The molecule has 2 heterocycles. The summed E-state index contributed by atoms with van der Waals surface area (Å²) < 4.78 is 6.80. The fraction of sp³-hybridized carbons (Fsp3) is 0.471. The van der Waals surface area contributed by atoms with E-state index in [1.807, 2.05) is 12.1 Å². The Balaban J connectivity index is 0.00000182. The number of nitro groups is 1. The minimum atomic E-state index is -0.437. The number of aromatic nitrogens is 2. The number of nitrogens with zero attached hydrogens (tertiary/aromatic N) is 5. The molecule has 0 atom stereocenters. The smallest absolute Gasteiger partial charge is 0.434 e. The Morgan fingerprint density at radius 2 is 1.78 bits per heavy atom. The monoisotopic (exact) mass is 417 g/mol. The zero-order chi connectivity index (χ0) is 17.6. The number of aryl methyl sites for hydroxylation is 1. The van der Waals surface area contributed by atoms with Gasteiger partial charge >= 0.3 is 5.95 Å². The predicted octanol–water partition coefficient (Wildman–Crippen LogP) is 2.86. The first-order valence-corrected chi connectivity index (χ1v) is 8.44. The molecule has 0 bridgehead atoms. The SMILES string of the molecule is COc1ccc(N2CCN(CCCn3ccnc3[N+](=O)[O-])CC2)cc1.Cl.Cl. The largest absolute Gasteiger partial charge is 0.497 e. The molecule has 0 radical (unpaired) electrons. The molecule has 1 aromatic carbocycles. The number of imidazole rings is 1. The van der Waals surface area contributed by atoms with Gasteiger partial charge in [-0.1, -0.05) is 4.98 Å². The van der Waals surface area contributed by atoms with E-state index in [0.717, 1.165) is 44.9 Å². The Labute approximate surface area is 171 Å². The van der Waals surface area contributed by atoms with E-state index in [1.54, 1.807) is 17.9 Å². The van der Waals surface area contributed by atoms with Crippen molar-refractivity contribution < 1.29 is 9.66 Å². The molecule has 0 spiro atoms. The molecule has 1 aromatic heterocycles. The molecule has 1 fully saturated rings. The van der Waals surface area contributed by atoms with Gasteiger partial charge in [0, 0.05) is 38.4 Å². The Hall–Kier alpha value is -2.03. The van der Waals surface area contributed by atoms with Gasteiger partial charge in [0.2, 0.25) is 0 Å². The molecule has 1 aliphatic heterocycles. The molecule has 27 heavy (non-hydrogen) atoms. The highest BCUT2D eigenvalue weighted by molar-refractivity contribution is 5.85. The maximum atomic E-state index is 10.9. The minimum Gasteiger partial charge on any atom is -0.497 e. The van der Waals surface area contributed by atoms with Gasteiger partial charge in [-0.05, 0) is 35.6 Å². The number of hydrogen-bond acceptors (Lipinski definition) is 6. The molecule has 8 nitrogen and oxygen atoms in total. The lowest BCUT2D eigenvalue weighted by Crippen LogP contribution is -2.46. The first kappa shape index (κ1) is 23.0. The first-order chi connectivity index (χ1) is 12.2. The van der Waals surface area contributed by atoms with E-state index in [4.69, 9.17) is 4.74 Å². The van der Waals surface area contributed by atoms with E-state index in [1.165, 1.54) is 11.9 Å². The average molecular weight is 418 g/mol. The highest BCUT2D eigenvalue weighted by atomic mass is 35.5. The van der Waals surface area contributed by atoms with Crippen molar-refractivity contribution >= 4 is 36.4 Å². The number of anilines is 1. The third kappa shape index (κ3) is 5.98. The van der Waals surface area contributed by atoms with Crippen molar-refractivity contribution in [3.8, 4) is 5.75 Å². The highest BCUT2D eigenvalue weighted by Gasteiger charge is 2.18. The number of piperazine rings is 1. The van der Waals surface area contributed by atoms with Gasteiger partial charge in [0.15, 0.2) is 0 Å². The normalized spacial score (nSPS) is 14.2. The van der Waals surface area contributed by atoms with Crippen LogP contribution in [-0.4, -0.2) is 59.2 Å². The van der Waals surface area contributed by atoms with Gasteiger partial charge in [-0.2, -0.15) is 0 Å². The summed E-state index contributed by atoms with van der Waals surface area (Å²) in [6.45, 7) is 5.52. The number of ether oxygens (including phenoxy) is 1. The van der Waals surface area contributed by atoms with Gasteiger partial charge in [-0.25, -0.2) is 4.57 Å². The van der Waals surface area contributed by atoms with E-state index in [2.05, 4.69) is 26.9 Å². The summed E-state index contributed by atoms with van der Waals surface area (Å²) in [5.41, 5.74) is 1.22. The van der Waals surface area contributed by atoms with Crippen LogP contribution in [0.3, 0.4) is 0 Å². The topological polar surface area (TPSA) is 76.7 Å². The number of benzene rings is 1. The lowest BCUT2D eigenvalue weighted by atomic mass is 10.2. The number of methoxy groups -OCH3 is 1. The second kappa shape index (κ2) is 11.0. The van der Waals surface area contributed by atoms with Gasteiger partial charge in [-0.15, -0.1) is 24.8 Å². The van der Waals surface area contributed by atoms with Gasteiger partial charge in [-0.3, -0.25) is 4.90 Å². The molecule has 1 saturated heterocycles. The number of halogens is 2.